The zero-order valence-corrected chi connectivity index (χ0v) is 10.5. The minimum atomic E-state index is -0.556. The first-order valence-electron chi connectivity index (χ1n) is 6.20. The fourth-order valence-electron chi connectivity index (χ4n) is 2.79. The SMILES string of the molecule is CC(=O)O[C@@H]1C[C@@H]2OC(=O)C[C@@H]2[C@H]1/C=C/[C@H](C)O. The van der Waals surface area contributed by atoms with Crippen LogP contribution in [0, 0.1) is 11.8 Å². The molecule has 1 saturated carbocycles. The molecule has 0 radical (unpaired) electrons. The fourth-order valence-corrected chi connectivity index (χ4v) is 2.79. The van der Waals surface area contributed by atoms with Gasteiger partial charge in [-0.1, -0.05) is 12.2 Å². The van der Waals surface area contributed by atoms with Crippen molar-refractivity contribution in [1.29, 1.82) is 0 Å². The summed E-state index contributed by atoms with van der Waals surface area (Å²) in [7, 11) is 0. The predicted molar refractivity (Wildman–Crippen MR) is 62.5 cm³/mol. The Morgan fingerprint density at radius 3 is 2.94 bits per heavy atom. The van der Waals surface area contributed by atoms with Crippen LogP contribution < -0.4 is 0 Å². The number of carbonyl (C=O) groups is 2. The molecule has 0 aromatic heterocycles. The summed E-state index contributed by atoms with van der Waals surface area (Å²) < 4.78 is 10.5. The number of rotatable bonds is 3. The highest BCUT2D eigenvalue weighted by Crippen LogP contribution is 2.43. The van der Waals surface area contributed by atoms with Crippen molar-refractivity contribution in [2.45, 2.75) is 45.0 Å². The van der Waals surface area contributed by atoms with E-state index in [9.17, 15) is 14.7 Å². The molecule has 5 atom stereocenters. The van der Waals surface area contributed by atoms with Crippen molar-refractivity contribution in [2.24, 2.45) is 11.8 Å². The highest BCUT2D eigenvalue weighted by molar-refractivity contribution is 5.72. The summed E-state index contributed by atoms with van der Waals surface area (Å²) in [5, 5.41) is 9.28. The standard InChI is InChI=1S/C13H18O5/c1-7(14)3-4-9-10-5-13(16)18-12(10)6-11(9)17-8(2)15/h3-4,7,9-12,14H,5-6H2,1-2H3/b4-3+/t7-,9+,10+,11+,12-/m0/s1. The summed E-state index contributed by atoms with van der Waals surface area (Å²) in [6, 6.07) is 0. The number of ether oxygens (including phenoxy) is 2. The molecule has 0 aromatic carbocycles. The quantitative estimate of drug-likeness (QED) is 0.596. The molecular formula is C13H18O5. The van der Waals surface area contributed by atoms with Crippen molar-refractivity contribution in [3.8, 4) is 0 Å². The molecule has 1 saturated heterocycles. The highest BCUT2D eigenvalue weighted by atomic mass is 16.6. The largest absolute Gasteiger partial charge is 0.462 e. The van der Waals surface area contributed by atoms with Crippen LogP contribution in [-0.2, 0) is 19.1 Å². The number of fused-ring (bicyclic) bond motifs is 1. The molecule has 18 heavy (non-hydrogen) atoms. The van der Waals surface area contributed by atoms with Gasteiger partial charge in [-0.25, -0.2) is 0 Å². The van der Waals surface area contributed by atoms with Gasteiger partial charge in [0.1, 0.15) is 12.2 Å². The lowest BCUT2D eigenvalue weighted by Gasteiger charge is -2.19. The smallest absolute Gasteiger partial charge is 0.306 e. The van der Waals surface area contributed by atoms with E-state index in [1.54, 1.807) is 13.0 Å². The van der Waals surface area contributed by atoms with Gasteiger partial charge in [-0.3, -0.25) is 9.59 Å². The van der Waals surface area contributed by atoms with Gasteiger partial charge in [-0.15, -0.1) is 0 Å². The van der Waals surface area contributed by atoms with Gasteiger partial charge >= 0.3 is 11.9 Å². The minimum absolute atomic E-state index is 0.0526. The Bertz CT molecular complexity index is 374. The van der Waals surface area contributed by atoms with Crippen LogP contribution in [0.2, 0.25) is 0 Å². The first-order chi connectivity index (χ1) is 8.47. The van der Waals surface area contributed by atoms with Crippen molar-refractivity contribution in [3.05, 3.63) is 12.2 Å². The van der Waals surface area contributed by atoms with E-state index in [0.29, 0.717) is 12.8 Å². The van der Waals surface area contributed by atoms with E-state index in [1.807, 2.05) is 6.08 Å². The summed E-state index contributed by atoms with van der Waals surface area (Å²) in [6.45, 7) is 3.02. The van der Waals surface area contributed by atoms with Gasteiger partial charge in [-0.2, -0.15) is 0 Å². The van der Waals surface area contributed by atoms with E-state index in [1.165, 1.54) is 6.92 Å². The van der Waals surface area contributed by atoms with Crippen LogP contribution in [0.3, 0.4) is 0 Å². The number of hydrogen-bond acceptors (Lipinski definition) is 5. The van der Waals surface area contributed by atoms with Crippen molar-refractivity contribution >= 4 is 11.9 Å². The average molecular weight is 254 g/mol. The normalized spacial score (nSPS) is 36.5. The molecular weight excluding hydrogens is 236 g/mol. The third-order valence-corrected chi connectivity index (χ3v) is 3.48. The number of aliphatic hydroxyl groups is 1. The molecule has 2 rings (SSSR count). The van der Waals surface area contributed by atoms with Crippen LogP contribution >= 0.6 is 0 Å². The van der Waals surface area contributed by atoms with E-state index in [-0.39, 0.29) is 36.0 Å². The molecule has 0 aromatic rings. The first kappa shape index (κ1) is 13.1. The molecule has 1 aliphatic carbocycles. The fraction of sp³-hybridized carbons (Fsp3) is 0.692. The molecule has 2 aliphatic rings. The Morgan fingerprint density at radius 1 is 1.61 bits per heavy atom. The number of esters is 2. The third-order valence-electron chi connectivity index (χ3n) is 3.48. The summed E-state index contributed by atoms with van der Waals surface area (Å²) in [6.07, 6.45) is 3.42. The maximum absolute atomic E-state index is 11.3. The van der Waals surface area contributed by atoms with E-state index in [0.717, 1.165) is 0 Å². The zero-order valence-electron chi connectivity index (χ0n) is 10.5. The molecule has 100 valence electrons. The minimum Gasteiger partial charge on any atom is -0.462 e. The Hall–Kier alpha value is -1.36. The van der Waals surface area contributed by atoms with Crippen LogP contribution in [0.15, 0.2) is 12.2 Å². The topological polar surface area (TPSA) is 72.8 Å². The summed E-state index contributed by atoms with van der Waals surface area (Å²) in [5.74, 6) is -0.528. The lowest BCUT2D eigenvalue weighted by atomic mass is 9.91. The van der Waals surface area contributed by atoms with Crippen molar-refractivity contribution in [2.75, 3.05) is 0 Å². The van der Waals surface area contributed by atoms with E-state index < -0.39 is 6.10 Å². The van der Waals surface area contributed by atoms with Gasteiger partial charge in [-0.05, 0) is 6.92 Å². The number of hydrogen-bond donors (Lipinski definition) is 1. The van der Waals surface area contributed by atoms with Gasteiger partial charge in [0.05, 0.1) is 12.5 Å². The molecule has 5 nitrogen and oxygen atoms in total. The number of carbonyl (C=O) groups excluding carboxylic acids is 2. The van der Waals surface area contributed by atoms with Crippen molar-refractivity contribution in [1.82, 2.24) is 0 Å². The maximum Gasteiger partial charge on any atom is 0.306 e. The summed E-state index contributed by atoms with van der Waals surface area (Å²) >= 11 is 0. The Morgan fingerprint density at radius 2 is 2.33 bits per heavy atom. The van der Waals surface area contributed by atoms with Crippen LogP contribution in [-0.4, -0.2) is 35.4 Å². The second-order valence-electron chi connectivity index (χ2n) is 4.98. The monoisotopic (exact) mass is 254 g/mol. The number of aliphatic hydroxyl groups excluding tert-OH is 1. The molecule has 1 N–H and O–H groups in total. The van der Waals surface area contributed by atoms with Crippen LogP contribution in [0.25, 0.3) is 0 Å². The van der Waals surface area contributed by atoms with Crippen molar-refractivity contribution < 1.29 is 24.2 Å². The lowest BCUT2D eigenvalue weighted by Crippen LogP contribution is -2.23. The van der Waals surface area contributed by atoms with Gasteiger partial charge in [0, 0.05) is 25.2 Å². The summed E-state index contributed by atoms with van der Waals surface area (Å²) in [4.78, 5) is 22.3. The van der Waals surface area contributed by atoms with Crippen molar-refractivity contribution in [3.63, 3.8) is 0 Å². The van der Waals surface area contributed by atoms with Crippen LogP contribution in [0.1, 0.15) is 26.7 Å². The second kappa shape index (κ2) is 5.10. The Kier molecular flexibility index (Phi) is 3.71. The second-order valence-corrected chi connectivity index (χ2v) is 4.98. The predicted octanol–water partition coefficient (Wildman–Crippen LogP) is 0.807. The molecule has 0 spiro atoms. The molecule has 0 unspecified atom stereocenters. The molecule has 1 heterocycles. The zero-order chi connectivity index (χ0) is 13.3. The van der Waals surface area contributed by atoms with Crippen LogP contribution in [0.5, 0.6) is 0 Å². The molecule has 1 aliphatic heterocycles. The van der Waals surface area contributed by atoms with E-state index in [4.69, 9.17) is 9.47 Å². The highest BCUT2D eigenvalue weighted by Gasteiger charge is 2.50. The summed E-state index contributed by atoms with van der Waals surface area (Å²) in [5.41, 5.74) is 0. The lowest BCUT2D eigenvalue weighted by molar-refractivity contribution is -0.149. The maximum atomic E-state index is 11.3. The van der Waals surface area contributed by atoms with Gasteiger partial charge in [0.15, 0.2) is 0 Å². The Balaban J connectivity index is 2.12. The third kappa shape index (κ3) is 2.72. The average Bonchev–Trinajstić information content (AvgIpc) is 2.70. The van der Waals surface area contributed by atoms with E-state index >= 15 is 0 Å². The van der Waals surface area contributed by atoms with Crippen LogP contribution in [0.4, 0.5) is 0 Å². The van der Waals surface area contributed by atoms with Gasteiger partial charge in [0.2, 0.25) is 0 Å². The first-order valence-corrected chi connectivity index (χ1v) is 6.20. The molecule has 0 amide bonds. The van der Waals surface area contributed by atoms with Gasteiger partial charge < -0.3 is 14.6 Å². The molecule has 5 heteroatoms. The Labute approximate surface area is 106 Å². The van der Waals surface area contributed by atoms with E-state index in [2.05, 4.69) is 0 Å². The molecule has 2 fully saturated rings. The molecule has 0 bridgehead atoms. The van der Waals surface area contributed by atoms with Gasteiger partial charge in [0.25, 0.3) is 0 Å².